The fraction of sp³-hybridized carbons (Fsp3) is 0. The van der Waals surface area contributed by atoms with Crippen molar-refractivity contribution in [1.82, 2.24) is 5.32 Å². The summed E-state index contributed by atoms with van der Waals surface area (Å²) in [4.78, 5) is 13.8. The molecule has 0 saturated carbocycles. The molecule has 1 saturated heterocycles. The van der Waals surface area contributed by atoms with E-state index in [9.17, 15) is 4.79 Å². The van der Waals surface area contributed by atoms with E-state index in [0.29, 0.717) is 16.6 Å². The van der Waals surface area contributed by atoms with Crippen LogP contribution < -0.4 is 10.2 Å². The lowest BCUT2D eigenvalue weighted by Gasteiger charge is -2.13. The van der Waals surface area contributed by atoms with Crippen molar-refractivity contribution in [2.24, 2.45) is 0 Å². The van der Waals surface area contributed by atoms with Crippen LogP contribution in [0, 0.1) is 0 Å². The van der Waals surface area contributed by atoms with Gasteiger partial charge in [-0.25, -0.2) is 0 Å². The monoisotopic (exact) mass is 270 g/mol. The molecule has 2 aromatic rings. The Morgan fingerprint density at radius 3 is 2.63 bits per heavy atom. The number of para-hydroxylation sites is 1. The summed E-state index contributed by atoms with van der Waals surface area (Å²) in [5.41, 5.74) is 1.15. The van der Waals surface area contributed by atoms with Gasteiger partial charge in [-0.05, 0) is 36.5 Å². The van der Waals surface area contributed by atoms with Crippen LogP contribution in [0.15, 0.2) is 58.8 Å². The minimum Gasteiger partial charge on any atom is -0.465 e. The molecule has 3 rings (SSSR count). The van der Waals surface area contributed by atoms with Gasteiger partial charge in [0, 0.05) is 6.08 Å². The van der Waals surface area contributed by atoms with E-state index in [1.165, 1.54) is 4.90 Å². The number of thiocarbonyl (C=S) groups is 1. The van der Waals surface area contributed by atoms with Gasteiger partial charge in [-0.15, -0.1) is 0 Å². The molecule has 1 amide bonds. The highest BCUT2D eigenvalue weighted by Crippen LogP contribution is 2.21. The van der Waals surface area contributed by atoms with Gasteiger partial charge in [-0.1, -0.05) is 18.2 Å². The molecular weight excluding hydrogens is 260 g/mol. The number of carbonyl (C=O) groups excluding carboxylic acids is 1. The molecule has 1 aromatic carbocycles. The van der Waals surface area contributed by atoms with Crippen LogP contribution in [0.3, 0.4) is 0 Å². The Balaban J connectivity index is 1.94. The summed E-state index contributed by atoms with van der Waals surface area (Å²) < 4.78 is 5.19. The first-order chi connectivity index (χ1) is 9.25. The van der Waals surface area contributed by atoms with E-state index in [1.807, 2.05) is 30.3 Å². The van der Waals surface area contributed by atoms with Crippen LogP contribution in [-0.4, -0.2) is 11.0 Å². The predicted molar refractivity (Wildman–Crippen MR) is 76.3 cm³/mol. The largest absolute Gasteiger partial charge is 0.465 e. The average Bonchev–Trinajstić information content (AvgIpc) is 3.01. The van der Waals surface area contributed by atoms with E-state index >= 15 is 0 Å². The summed E-state index contributed by atoms with van der Waals surface area (Å²) in [7, 11) is 0. The zero-order chi connectivity index (χ0) is 13.2. The molecule has 0 atom stereocenters. The van der Waals surface area contributed by atoms with E-state index in [1.54, 1.807) is 24.5 Å². The van der Waals surface area contributed by atoms with Gasteiger partial charge in [0.05, 0.1) is 12.0 Å². The highest BCUT2D eigenvalue weighted by Gasteiger charge is 2.31. The van der Waals surface area contributed by atoms with Crippen LogP contribution in [-0.2, 0) is 4.79 Å². The average molecular weight is 270 g/mol. The summed E-state index contributed by atoms with van der Waals surface area (Å²) in [6, 6.07) is 12.8. The molecule has 5 heteroatoms. The number of hydrogen-bond acceptors (Lipinski definition) is 3. The van der Waals surface area contributed by atoms with Crippen molar-refractivity contribution < 1.29 is 9.21 Å². The quantitative estimate of drug-likeness (QED) is 0.673. The second-order valence-electron chi connectivity index (χ2n) is 3.98. The number of anilines is 1. The number of nitrogens with one attached hydrogen (secondary N) is 1. The van der Waals surface area contributed by atoms with Gasteiger partial charge in [-0.2, -0.15) is 0 Å². The molecule has 1 aromatic heterocycles. The molecule has 0 bridgehead atoms. The molecule has 94 valence electrons. The zero-order valence-electron chi connectivity index (χ0n) is 9.87. The fourth-order valence-corrected chi connectivity index (χ4v) is 2.16. The third-order valence-corrected chi connectivity index (χ3v) is 3.01. The normalized spacial score (nSPS) is 17.1. The topological polar surface area (TPSA) is 45.5 Å². The highest BCUT2D eigenvalue weighted by molar-refractivity contribution is 7.80. The van der Waals surface area contributed by atoms with Crippen molar-refractivity contribution in [1.29, 1.82) is 0 Å². The van der Waals surface area contributed by atoms with Crippen LogP contribution in [0.1, 0.15) is 5.76 Å². The van der Waals surface area contributed by atoms with Crippen molar-refractivity contribution in [3.8, 4) is 0 Å². The number of hydrogen-bond donors (Lipinski definition) is 1. The maximum absolute atomic E-state index is 12.3. The van der Waals surface area contributed by atoms with Crippen LogP contribution in [0.4, 0.5) is 5.69 Å². The van der Waals surface area contributed by atoms with E-state index in [2.05, 4.69) is 5.32 Å². The first kappa shape index (κ1) is 11.7. The SMILES string of the molecule is O=C1/C(=C/c2ccco2)NC(=S)N1c1ccccc1. The molecule has 0 aliphatic carbocycles. The molecule has 0 spiro atoms. The summed E-state index contributed by atoms with van der Waals surface area (Å²) in [5.74, 6) is 0.418. The van der Waals surface area contributed by atoms with Crippen LogP contribution in [0.2, 0.25) is 0 Å². The second kappa shape index (κ2) is 4.70. The molecular formula is C14H10N2O2S. The van der Waals surface area contributed by atoms with E-state index < -0.39 is 0 Å². The maximum Gasteiger partial charge on any atom is 0.281 e. The lowest BCUT2D eigenvalue weighted by Crippen LogP contribution is -2.30. The van der Waals surface area contributed by atoms with Gasteiger partial charge in [-0.3, -0.25) is 9.69 Å². The van der Waals surface area contributed by atoms with Gasteiger partial charge in [0.15, 0.2) is 5.11 Å². The van der Waals surface area contributed by atoms with Crippen molar-refractivity contribution in [3.05, 3.63) is 60.2 Å². The maximum atomic E-state index is 12.3. The standard InChI is InChI=1S/C14H10N2O2S/c17-13-12(9-11-7-4-8-18-11)15-14(19)16(13)10-5-2-1-3-6-10/h1-9H,(H,15,19)/b12-9-. The van der Waals surface area contributed by atoms with E-state index in [-0.39, 0.29) is 5.91 Å². The van der Waals surface area contributed by atoms with Gasteiger partial charge < -0.3 is 9.73 Å². The first-order valence-electron chi connectivity index (χ1n) is 5.71. The first-order valence-corrected chi connectivity index (χ1v) is 6.12. The lowest BCUT2D eigenvalue weighted by molar-refractivity contribution is -0.113. The third kappa shape index (κ3) is 2.15. The number of rotatable bonds is 2. The van der Waals surface area contributed by atoms with Crippen molar-refractivity contribution in [2.75, 3.05) is 4.90 Å². The van der Waals surface area contributed by atoms with Crippen molar-refractivity contribution in [2.45, 2.75) is 0 Å². The fourth-order valence-electron chi connectivity index (χ4n) is 1.86. The summed E-state index contributed by atoms with van der Waals surface area (Å²) in [6.45, 7) is 0. The minimum atomic E-state index is -0.187. The number of carbonyl (C=O) groups is 1. The minimum absolute atomic E-state index is 0.187. The van der Waals surface area contributed by atoms with Gasteiger partial charge in [0.25, 0.3) is 5.91 Å². The van der Waals surface area contributed by atoms with Gasteiger partial charge in [0.1, 0.15) is 11.5 Å². The van der Waals surface area contributed by atoms with Gasteiger partial charge in [0.2, 0.25) is 0 Å². The van der Waals surface area contributed by atoms with Crippen LogP contribution in [0.25, 0.3) is 6.08 Å². The Morgan fingerprint density at radius 1 is 1.16 bits per heavy atom. The smallest absolute Gasteiger partial charge is 0.281 e. The van der Waals surface area contributed by atoms with Crippen LogP contribution in [0.5, 0.6) is 0 Å². The van der Waals surface area contributed by atoms with E-state index in [4.69, 9.17) is 16.6 Å². The number of nitrogens with zero attached hydrogens (tertiary/aromatic N) is 1. The molecule has 0 unspecified atom stereocenters. The number of furan rings is 1. The Morgan fingerprint density at radius 2 is 1.95 bits per heavy atom. The Bertz CT molecular complexity index is 647. The third-order valence-electron chi connectivity index (χ3n) is 2.72. The highest BCUT2D eigenvalue weighted by atomic mass is 32.1. The zero-order valence-corrected chi connectivity index (χ0v) is 10.7. The molecule has 1 N–H and O–H groups in total. The Labute approximate surface area is 115 Å². The predicted octanol–water partition coefficient (Wildman–Crippen LogP) is 2.54. The molecule has 1 aliphatic heterocycles. The van der Waals surface area contributed by atoms with E-state index in [0.717, 1.165) is 5.69 Å². The van der Waals surface area contributed by atoms with Crippen molar-refractivity contribution >= 4 is 35.0 Å². The summed E-state index contributed by atoms with van der Waals surface area (Å²) in [5, 5.41) is 3.27. The molecule has 2 heterocycles. The Hall–Kier alpha value is -2.40. The second-order valence-corrected chi connectivity index (χ2v) is 4.37. The molecule has 1 aliphatic rings. The number of amides is 1. The Kier molecular flexibility index (Phi) is 2.89. The molecule has 0 radical (unpaired) electrons. The summed E-state index contributed by atoms with van der Waals surface area (Å²) >= 11 is 5.19. The van der Waals surface area contributed by atoms with Gasteiger partial charge >= 0.3 is 0 Å². The summed E-state index contributed by atoms with van der Waals surface area (Å²) in [6.07, 6.45) is 3.19. The molecule has 4 nitrogen and oxygen atoms in total. The molecule has 1 fully saturated rings. The lowest BCUT2D eigenvalue weighted by atomic mass is 10.3. The van der Waals surface area contributed by atoms with Crippen LogP contribution >= 0.6 is 12.2 Å². The number of benzene rings is 1. The molecule has 19 heavy (non-hydrogen) atoms. The van der Waals surface area contributed by atoms with Crippen molar-refractivity contribution in [3.63, 3.8) is 0 Å².